The monoisotopic (exact) mass is 287 g/mol. The summed E-state index contributed by atoms with van der Waals surface area (Å²) in [5, 5.41) is 8.55. The van der Waals surface area contributed by atoms with Crippen molar-refractivity contribution in [1.29, 1.82) is 0 Å². The van der Waals surface area contributed by atoms with Crippen LogP contribution in [-0.4, -0.2) is 22.1 Å². The van der Waals surface area contributed by atoms with Crippen LogP contribution >= 0.6 is 11.8 Å². The fraction of sp³-hybridized carbons (Fsp3) is 0.438. The average Bonchev–Trinajstić information content (AvgIpc) is 2.95. The van der Waals surface area contributed by atoms with Crippen molar-refractivity contribution in [3.63, 3.8) is 0 Å². The lowest BCUT2D eigenvalue weighted by Gasteiger charge is -2.10. The van der Waals surface area contributed by atoms with Gasteiger partial charge in [0.15, 0.2) is 0 Å². The number of rotatable bonds is 4. The molecule has 20 heavy (non-hydrogen) atoms. The Morgan fingerprint density at radius 1 is 1.35 bits per heavy atom. The van der Waals surface area contributed by atoms with Gasteiger partial charge in [-0.15, -0.1) is 11.8 Å². The first kappa shape index (κ1) is 13.7. The molecule has 2 heterocycles. The minimum atomic E-state index is 0.604. The summed E-state index contributed by atoms with van der Waals surface area (Å²) in [7, 11) is 1.99. The standard InChI is InChI=1S/C16H21N3S/c1-11-15(9-17-3)12(2)19(18-11)10-14-8-13-6-4-5-7-16(13)20-14/h4-7,14,17H,8-10H2,1-3H3. The van der Waals surface area contributed by atoms with Crippen molar-refractivity contribution in [2.45, 2.75) is 43.5 Å². The Kier molecular flexibility index (Phi) is 3.85. The lowest BCUT2D eigenvalue weighted by molar-refractivity contribution is 0.575. The van der Waals surface area contributed by atoms with Crippen LogP contribution in [0.5, 0.6) is 0 Å². The van der Waals surface area contributed by atoms with Crippen LogP contribution in [-0.2, 0) is 19.5 Å². The zero-order valence-electron chi connectivity index (χ0n) is 12.3. The molecular weight excluding hydrogens is 266 g/mol. The van der Waals surface area contributed by atoms with Gasteiger partial charge >= 0.3 is 0 Å². The lowest BCUT2D eigenvalue weighted by Crippen LogP contribution is -2.15. The van der Waals surface area contributed by atoms with Crippen LogP contribution in [0.2, 0.25) is 0 Å². The van der Waals surface area contributed by atoms with E-state index in [1.807, 2.05) is 18.8 Å². The molecule has 2 aromatic rings. The third kappa shape index (κ3) is 2.50. The van der Waals surface area contributed by atoms with Crippen LogP contribution in [0.4, 0.5) is 0 Å². The number of nitrogens with one attached hydrogen (secondary N) is 1. The molecule has 106 valence electrons. The average molecular weight is 287 g/mol. The van der Waals surface area contributed by atoms with Gasteiger partial charge < -0.3 is 5.32 Å². The lowest BCUT2D eigenvalue weighted by atomic mass is 10.1. The Labute approximate surface area is 124 Å². The Morgan fingerprint density at radius 2 is 2.15 bits per heavy atom. The van der Waals surface area contributed by atoms with Crippen molar-refractivity contribution in [2.24, 2.45) is 0 Å². The topological polar surface area (TPSA) is 29.9 Å². The van der Waals surface area contributed by atoms with Crippen molar-refractivity contribution in [3.05, 3.63) is 46.8 Å². The molecule has 3 rings (SSSR count). The summed E-state index contributed by atoms with van der Waals surface area (Å²) < 4.78 is 2.19. The maximum atomic E-state index is 4.72. The van der Waals surface area contributed by atoms with Gasteiger partial charge in [-0.1, -0.05) is 18.2 Å². The van der Waals surface area contributed by atoms with Gasteiger partial charge in [-0.2, -0.15) is 5.10 Å². The quantitative estimate of drug-likeness (QED) is 0.937. The van der Waals surface area contributed by atoms with Gasteiger partial charge in [-0.05, 0) is 38.9 Å². The molecule has 0 saturated heterocycles. The van der Waals surface area contributed by atoms with E-state index in [4.69, 9.17) is 5.10 Å². The molecule has 1 aromatic carbocycles. The first-order chi connectivity index (χ1) is 9.69. The van der Waals surface area contributed by atoms with Gasteiger partial charge in [0, 0.05) is 27.9 Å². The Hall–Kier alpha value is -1.26. The molecule has 0 fully saturated rings. The van der Waals surface area contributed by atoms with Crippen molar-refractivity contribution >= 4 is 11.8 Å². The number of benzene rings is 1. The highest BCUT2D eigenvalue weighted by Crippen LogP contribution is 2.37. The molecule has 1 atom stereocenters. The van der Waals surface area contributed by atoms with E-state index in [1.165, 1.54) is 21.7 Å². The second-order valence-corrected chi connectivity index (χ2v) is 6.76. The SMILES string of the molecule is CNCc1c(C)nn(CC2Cc3ccccc3S2)c1C. The number of thioether (sulfide) groups is 1. The van der Waals surface area contributed by atoms with E-state index in [0.717, 1.165) is 25.2 Å². The minimum absolute atomic E-state index is 0.604. The number of aryl methyl sites for hydroxylation is 1. The van der Waals surface area contributed by atoms with E-state index in [1.54, 1.807) is 0 Å². The van der Waals surface area contributed by atoms with Gasteiger partial charge in [0.1, 0.15) is 0 Å². The summed E-state index contributed by atoms with van der Waals surface area (Å²) in [6.07, 6.45) is 1.15. The summed E-state index contributed by atoms with van der Waals surface area (Å²) in [5.74, 6) is 0. The Morgan fingerprint density at radius 3 is 2.90 bits per heavy atom. The zero-order chi connectivity index (χ0) is 14.1. The predicted octanol–water partition coefficient (Wildman–Crippen LogP) is 2.94. The highest BCUT2D eigenvalue weighted by molar-refractivity contribution is 8.00. The maximum absolute atomic E-state index is 4.72. The summed E-state index contributed by atoms with van der Waals surface area (Å²) in [6, 6.07) is 8.74. The van der Waals surface area contributed by atoms with Crippen LogP contribution in [0.25, 0.3) is 0 Å². The zero-order valence-corrected chi connectivity index (χ0v) is 13.1. The van der Waals surface area contributed by atoms with Crippen molar-refractivity contribution in [3.8, 4) is 0 Å². The largest absolute Gasteiger partial charge is 0.316 e. The van der Waals surface area contributed by atoms with Crippen molar-refractivity contribution in [1.82, 2.24) is 15.1 Å². The molecule has 4 heteroatoms. The summed E-state index contributed by atoms with van der Waals surface area (Å²) in [6.45, 7) is 6.18. The molecular formula is C16H21N3S. The maximum Gasteiger partial charge on any atom is 0.0641 e. The van der Waals surface area contributed by atoms with Gasteiger partial charge in [0.2, 0.25) is 0 Å². The summed E-state index contributed by atoms with van der Waals surface area (Å²) in [5.41, 5.74) is 5.28. The number of aromatic nitrogens is 2. The van der Waals surface area contributed by atoms with Crippen LogP contribution < -0.4 is 5.32 Å². The molecule has 0 saturated carbocycles. The van der Waals surface area contributed by atoms with Crippen molar-refractivity contribution in [2.75, 3.05) is 7.05 Å². The third-order valence-electron chi connectivity index (χ3n) is 3.98. The van der Waals surface area contributed by atoms with E-state index >= 15 is 0 Å². The van der Waals surface area contributed by atoms with Gasteiger partial charge in [0.05, 0.1) is 12.2 Å². The number of hydrogen-bond acceptors (Lipinski definition) is 3. The van der Waals surface area contributed by atoms with E-state index in [9.17, 15) is 0 Å². The van der Waals surface area contributed by atoms with E-state index < -0.39 is 0 Å². The molecule has 0 radical (unpaired) electrons. The van der Waals surface area contributed by atoms with Crippen LogP contribution in [0.3, 0.4) is 0 Å². The molecule has 1 aliphatic rings. The molecule has 1 aromatic heterocycles. The molecule has 1 N–H and O–H groups in total. The summed E-state index contributed by atoms with van der Waals surface area (Å²) >= 11 is 1.99. The normalized spacial score (nSPS) is 17.4. The van der Waals surface area contributed by atoms with Crippen molar-refractivity contribution < 1.29 is 0 Å². The molecule has 0 amide bonds. The highest BCUT2D eigenvalue weighted by Gasteiger charge is 2.23. The van der Waals surface area contributed by atoms with E-state index in [-0.39, 0.29) is 0 Å². The van der Waals surface area contributed by atoms with Crippen LogP contribution in [0.1, 0.15) is 22.5 Å². The molecule has 0 spiro atoms. The van der Waals surface area contributed by atoms with Gasteiger partial charge in [-0.3, -0.25) is 4.68 Å². The second-order valence-electron chi connectivity index (χ2n) is 5.41. The number of nitrogens with zero attached hydrogens (tertiary/aromatic N) is 2. The molecule has 1 unspecified atom stereocenters. The van der Waals surface area contributed by atoms with Crippen LogP contribution in [0, 0.1) is 13.8 Å². The molecule has 3 nitrogen and oxygen atoms in total. The van der Waals surface area contributed by atoms with Gasteiger partial charge in [0.25, 0.3) is 0 Å². The Balaban J connectivity index is 1.76. The fourth-order valence-corrected chi connectivity index (χ4v) is 4.19. The Bertz CT molecular complexity index is 593. The number of fused-ring (bicyclic) bond motifs is 1. The summed E-state index contributed by atoms with van der Waals surface area (Å²) in [4.78, 5) is 1.44. The molecule has 0 aliphatic carbocycles. The number of hydrogen-bond donors (Lipinski definition) is 1. The van der Waals surface area contributed by atoms with Gasteiger partial charge in [-0.25, -0.2) is 0 Å². The van der Waals surface area contributed by atoms with Crippen LogP contribution in [0.15, 0.2) is 29.2 Å². The minimum Gasteiger partial charge on any atom is -0.316 e. The smallest absolute Gasteiger partial charge is 0.0641 e. The third-order valence-corrected chi connectivity index (χ3v) is 5.28. The van der Waals surface area contributed by atoms with E-state index in [2.05, 4.69) is 48.1 Å². The molecule has 0 bridgehead atoms. The van der Waals surface area contributed by atoms with E-state index in [0.29, 0.717) is 5.25 Å². The first-order valence-corrected chi connectivity index (χ1v) is 7.99. The predicted molar refractivity (Wildman–Crippen MR) is 84.3 cm³/mol. The fourth-order valence-electron chi connectivity index (χ4n) is 2.89. The second kappa shape index (κ2) is 5.62. The first-order valence-electron chi connectivity index (χ1n) is 7.11. The highest BCUT2D eigenvalue weighted by atomic mass is 32.2. The molecule has 1 aliphatic heterocycles.